The van der Waals surface area contributed by atoms with E-state index in [4.69, 9.17) is 0 Å². The van der Waals surface area contributed by atoms with Crippen LogP contribution >= 0.6 is 11.3 Å². The van der Waals surface area contributed by atoms with E-state index < -0.39 is 5.82 Å². The summed E-state index contributed by atoms with van der Waals surface area (Å²) in [5.41, 5.74) is 2.23. The summed E-state index contributed by atoms with van der Waals surface area (Å²) < 4.78 is 15.0. The minimum Gasteiger partial charge on any atom is -0.348 e. The Morgan fingerprint density at radius 3 is 2.74 bits per heavy atom. The zero-order chi connectivity index (χ0) is 18.8. The van der Waals surface area contributed by atoms with E-state index in [-0.39, 0.29) is 5.91 Å². The minimum atomic E-state index is -0.428. The number of aryl methyl sites for hydroxylation is 1. The second-order valence-corrected chi connectivity index (χ2v) is 6.92. The zero-order valence-corrected chi connectivity index (χ0v) is 15.3. The number of aromatic nitrogens is 4. The molecule has 0 radical (unpaired) electrons. The molecule has 0 aliphatic rings. The van der Waals surface area contributed by atoms with Crippen LogP contribution in [0.5, 0.6) is 0 Å². The number of halogens is 1. The van der Waals surface area contributed by atoms with Gasteiger partial charge in [0.15, 0.2) is 5.82 Å². The molecule has 0 fully saturated rings. The van der Waals surface area contributed by atoms with E-state index in [1.54, 1.807) is 10.6 Å². The van der Waals surface area contributed by atoms with Gasteiger partial charge in [0.25, 0.3) is 5.91 Å². The number of hydrogen-bond acceptors (Lipinski definition) is 5. The van der Waals surface area contributed by atoms with Crippen LogP contribution in [0.25, 0.3) is 15.5 Å². The van der Waals surface area contributed by atoms with Crippen LogP contribution in [-0.4, -0.2) is 25.7 Å². The first-order valence-electron chi connectivity index (χ1n) is 8.48. The highest BCUT2D eigenvalue weighted by Gasteiger charge is 2.12. The van der Waals surface area contributed by atoms with Crippen molar-refractivity contribution in [2.75, 3.05) is 0 Å². The van der Waals surface area contributed by atoms with Gasteiger partial charge in [-0.2, -0.15) is 9.61 Å². The summed E-state index contributed by atoms with van der Waals surface area (Å²) in [7, 11) is 0. The Labute approximate surface area is 158 Å². The van der Waals surface area contributed by atoms with Crippen molar-refractivity contribution in [3.63, 3.8) is 0 Å². The predicted molar refractivity (Wildman–Crippen MR) is 101 cm³/mol. The van der Waals surface area contributed by atoms with E-state index >= 15 is 0 Å². The average Bonchev–Trinajstić information content (AvgIpc) is 3.27. The number of rotatable bonds is 5. The van der Waals surface area contributed by atoms with E-state index in [1.807, 2.05) is 31.2 Å². The lowest BCUT2D eigenvalue weighted by Crippen LogP contribution is -2.22. The van der Waals surface area contributed by atoms with Crippen LogP contribution in [-0.2, 0) is 13.0 Å². The normalized spacial score (nSPS) is 11.0. The molecule has 0 aliphatic heterocycles. The highest BCUT2D eigenvalue weighted by molar-refractivity contribution is 7.19. The molecule has 27 heavy (non-hydrogen) atoms. The predicted octanol–water partition coefficient (Wildman–Crippen LogP) is 3.48. The third-order valence-electron chi connectivity index (χ3n) is 4.11. The fraction of sp³-hybridized carbons (Fsp3) is 0.158. The highest BCUT2D eigenvalue weighted by atomic mass is 32.1. The van der Waals surface area contributed by atoms with E-state index in [0.29, 0.717) is 12.1 Å². The molecule has 0 aliphatic carbocycles. The molecule has 2 heterocycles. The fourth-order valence-corrected chi connectivity index (χ4v) is 3.54. The molecule has 8 heteroatoms. The van der Waals surface area contributed by atoms with Gasteiger partial charge in [-0.25, -0.2) is 4.39 Å². The summed E-state index contributed by atoms with van der Waals surface area (Å²) in [4.78, 5) is 12.9. The average molecular weight is 381 g/mol. The third kappa shape index (κ3) is 3.56. The van der Waals surface area contributed by atoms with Crippen molar-refractivity contribution in [1.82, 2.24) is 25.1 Å². The summed E-state index contributed by atoms with van der Waals surface area (Å²) in [5.74, 6) is 0.103. The molecule has 6 nitrogen and oxygen atoms in total. The largest absolute Gasteiger partial charge is 0.348 e. The van der Waals surface area contributed by atoms with Crippen molar-refractivity contribution < 1.29 is 9.18 Å². The maximum Gasteiger partial charge on any atom is 0.251 e. The highest BCUT2D eigenvalue weighted by Crippen LogP contribution is 2.25. The lowest BCUT2D eigenvalue weighted by molar-refractivity contribution is 0.0950. The standard InChI is InChI=1S/C19H16FN5OS/c1-2-16-22-23-19-25(16)24-18(27-19)13-8-6-12(7-9-13)11-21-17(26)14-4-3-5-15(20)10-14/h3-10H,2,11H2,1H3,(H,21,26). The molecule has 0 spiro atoms. The molecule has 0 unspecified atom stereocenters. The van der Waals surface area contributed by atoms with Crippen molar-refractivity contribution in [2.24, 2.45) is 0 Å². The van der Waals surface area contributed by atoms with Gasteiger partial charge in [-0.15, -0.1) is 10.2 Å². The number of nitrogens with zero attached hydrogens (tertiary/aromatic N) is 4. The number of nitrogens with one attached hydrogen (secondary N) is 1. The topological polar surface area (TPSA) is 72.2 Å². The number of carbonyl (C=O) groups is 1. The molecule has 1 amide bonds. The van der Waals surface area contributed by atoms with Gasteiger partial charge < -0.3 is 5.32 Å². The molecule has 4 aromatic rings. The summed E-state index contributed by atoms with van der Waals surface area (Å²) >= 11 is 1.48. The van der Waals surface area contributed by atoms with Crippen LogP contribution in [0.15, 0.2) is 48.5 Å². The Morgan fingerprint density at radius 1 is 1.19 bits per heavy atom. The second kappa shape index (κ2) is 7.24. The Balaban J connectivity index is 1.45. The van der Waals surface area contributed by atoms with E-state index in [2.05, 4.69) is 20.6 Å². The molecule has 2 aromatic heterocycles. The number of fused-ring (bicyclic) bond motifs is 1. The molecule has 0 bridgehead atoms. The SMILES string of the molecule is CCc1nnc2sc(-c3ccc(CNC(=O)c4cccc(F)c4)cc3)nn12. The van der Waals surface area contributed by atoms with Crippen LogP contribution in [0.4, 0.5) is 4.39 Å². The van der Waals surface area contributed by atoms with Gasteiger partial charge in [0.2, 0.25) is 4.96 Å². The molecule has 4 rings (SSSR count). The van der Waals surface area contributed by atoms with Gasteiger partial charge in [-0.1, -0.05) is 48.6 Å². The maximum atomic E-state index is 13.2. The molecule has 136 valence electrons. The number of amides is 1. The van der Waals surface area contributed by atoms with Crippen molar-refractivity contribution in [3.8, 4) is 10.6 Å². The lowest BCUT2D eigenvalue weighted by Gasteiger charge is -2.06. The smallest absolute Gasteiger partial charge is 0.251 e. The molecular weight excluding hydrogens is 365 g/mol. The number of benzene rings is 2. The van der Waals surface area contributed by atoms with Gasteiger partial charge >= 0.3 is 0 Å². The number of hydrogen-bond donors (Lipinski definition) is 1. The summed E-state index contributed by atoms with van der Waals surface area (Å²) in [6, 6.07) is 13.4. The molecule has 0 atom stereocenters. The Morgan fingerprint density at radius 2 is 2.00 bits per heavy atom. The third-order valence-corrected chi connectivity index (χ3v) is 5.06. The first-order valence-corrected chi connectivity index (χ1v) is 9.30. The Kier molecular flexibility index (Phi) is 4.64. The quantitative estimate of drug-likeness (QED) is 0.574. The van der Waals surface area contributed by atoms with Crippen LogP contribution in [0.2, 0.25) is 0 Å². The Bertz CT molecular complexity index is 1100. The van der Waals surface area contributed by atoms with Gasteiger partial charge in [-0.3, -0.25) is 4.79 Å². The molecule has 0 saturated carbocycles. The Hall–Kier alpha value is -3.13. The van der Waals surface area contributed by atoms with Crippen molar-refractivity contribution in [2.45, 2.75) is 19.9 Å². The van der Waals surface area contributed by atoms with E-state index in [0.717, 1.165) is 33.3 Å². The van der Waals surface area contributed by atoms with Crippen LogP contribution in [0.3, 0.4) is 0 Å². The lowest BCUT2D eigenvalue weighted by atomic mass is 10.1. The summed E-state index contributed by atoms with van der Waals surface area (Å²) in [6.45, 7) is 2.38. The van der Waals surface area contributed by atoms with Gasteiger partial charge in [0.1, 0.15) is 10.8 Å². The molecule has 2 aromatic carbocycles. The molecule has 0 saturated heterocycles. The van der Waals surface area contributed by atoms with Gasteiger partial charge in [-0.05, 0) is 23.8 Å². The van der Waals surface area contributed by atoms with Crippen molar-refractivity contribution >= 4 is 22.2 Å². The molecular formula is C19H16FN5OS. The second-order valence-electron chi connectivity index (χ2n) is 5.96. The van der Waals surface area contributed by atoms with E-state index in [9.17, 15) is 9.18 Å². The monoisotopic (exact) mass is 381 g/mol. The van der Waals surface area contributed by atoms with Crippen LogP contribution in [0, 0.1) is 5.82 Å². The van der Waals surface area contributed by atoms with Crippen LogP contribution < -0.4 is 5.32 Å². The molecule has 1 N–H and O–H groups in total. The first kappa shape index (κ1) is 17.3. The van der Waals surface area contributed by atoms with Crippen molar-refractivity contribution in [3.05, 3.63) is 71.3 Å². The van der Waals surface area contributed by atoms with Gasteiger partial charge in [0, 0.05) is 24.1 Å². The summed E-state index contributed by atoms with van der Waals surface area (Å²) in [6.07, 6.45) is 0.772. The van der Waals surface area contributed by atoms with Crippen LogP contribution in [0.1, 0.15) is 28.7 Å². The van der Waals surface area contributed by atoms with Crippen molar-refractivity contribution in [1.29, 1.82) is 0 Å². The first-order chi connectivity index (χ1) is 13.1. The summed E-state index contributed by atoms with van der Waals surface area (Å²) in [5, 5.41) is 16.5. The fourth-order valence-electron chi connectivity index (χ4n) is 2.67. The number of carbonyl (C=O) groups excluding carboxylic acids is 1. The van der Waals surface area contributed by atoms with Gasteiger partial charge in [0.05, 0.1) is 0 Å². The minimum absolute atomic E-state index is 0.304. The zero-order valence-electron chi connectivity index (χ0n) is 14.5. The van der Waals surface area contributed by atoms with E-state index in [1.165, 1.54) is 29.5 Å². The maximum absolute atomic E-state index is 13.2.